The van der Waals surface area contributed by atoms with Crippen molar-refractivity contribution in [1.82, 2.24) is 5.32 Å². The zero-order valence-corrected chi connectivity index (χ0v) is 12.8. The number of hydrogen-bond donors (Lipinski definition) is 1. The van der Waals surface area contributed by atoms with E-state index < -0.39 is 0 Å². The van der Waals surface area contributed by atoms with Crippen molar-refractivity contribution in [3.63, 3.8) is 0 Å². The SMILES string of the molecule is CCC(NC1CC(C)(c2ccccc2)C1)C1CCCO1. The van der Waals surface area contributed by atoms with Crippen molar-refractivity contribution in [2.45, 2.75) is 69.6 Å². The van der Waals surface area contributed by atoms with Crippen LogP contribution in [0.3, 0.4) is 0 Å². The molecule has 0 radical (unpaired) electrons. The molecule has 3 rings (SSSR count). The van der Waals surface area contributed by atoms with Crippen molar-refractivity contribution in [2.75, 3.05) is 6.61 Å². The Kier molecular flexibility index (Phi) is 4.13. The topological polar surface area (TPSA) is 21.3 Å². The third kappa shape index (κ3) is 2.77. The van der Waals surface area contributed by atoms with Gasteiger partial charge in [-0.15, -0.1) is 0 Å². The third-order valence-corrected chi connectivity index (χ3v) is 5.17. The number of ether oxygens (including phenoxy) is 1. The molecule has 0 spiro atoms. The lowest BCUT2D eigenvalue weighted by Crippen LogP contribution is -2.55. The summed E-state index contributed by atoms with van der Waals surface area (Å²) < 4.78 is 5.85. The highest BCUT2D eigenvalue weighted by molar-refractivity contribution is 5.28. The van der Waals surface area contributed by atoms with Gasteiger partial charge in [-0.05, 0) is 43.1 Å². The number of hydrogen-bond acceptors (Lipinski definition) is 2. The van der Waals surface area contributed by atoms with Gasteiger partial charge in [-0.1, -0.05) is 44.2 Å². The zero-order valence-electron chi connectivity index (χ0n) is 12.8. The van der Waals surface area contributed by atoms with Crippen LogP contribution in [0.4, 0.5) is 0 Å². The fourth-order valence-electron chi connectivity index (χ4n) is 3.93. The minimum Gasteiger partial charge on any atom is -0.377 e. The van der Waals surface area contributed by atoms with E-state index in [9.17, 15) is 0 Å². The molecule has 1 N–H and O–H groups in total. The normalized spacial score (nSPS) is 34.7. The molecule has 1 aliphatic heterocycles. The second-order valence-electron chi connectivity index (χ2n) is 6.76. The van der Waals surface area contributed by atoms with Crippen molar-refractivity contribution in [3.8, 4) is 0 Å². The number of rotatable bonds is 5. The summed E-state index contributed by atoms with van der Waals surface area (Å²) in [5.41, 5.74) is 1.86. The highest BCUT2D eigenvalue weighted by atomic mass is 16.5. The molecule has 1 aromatic carbocycles. The Morgan fingerprint density at radius 2 is 2.05 bits per heavy atom. The average molecular weight is 273 g/mol. The van der Waals surface area contributed by atoms with Crippen LogP contribution in [-0.2, 0) is 10.2 Å². The fourth-order valence-corrected chi connectivity index (χ4v) is 3.93. The first kappa shape index (κ1) is 14.1. The van der Waals surface area contributed by atoms with E-state index in [1.165, 1.54) is 37.7 Å². The minimum atomic E-state index is 0.369. The van der Waals surface area contributed by atoms with Crippen LogP contribution >= 0.6 is 0 Å². The predicted molar refractivity (Wildman–Crippen MR) is 83.0 cm³/mol. The highest BCUT2D eigenvalue weighted by Crippen LogP contribution is 2.43. The Hall–Kier alpha value is -0.860. The van der Waals surface area contributed by atoms with Crippen molar-refractivity contribution in [3.05, 3.63) is 35.9 Å². The molecule has 0 aromatic heterocycles. The summed E-state index contributed by atoms with van der Waals surface area (Å²) >= 11 is 0. The van der Waals surface area contributed by atoms with Gasteiger partial charge < -0.3 is 10.1 Å². The highest BCUT2D eigenvalue weighted by Gasteiger charge is 2.42. The van der Waals surface area contributed by atoms with Crippen molar-refractivity contribution < 1.29 is 4.74 Å². The molecular weight excluding hydrogens is 246 g/mol. The molecule has 1 saturated heterocycles. The van der Waals surface area contributed by atoms with Gasteiger partial charge in [0.05, 0.1) is 6.10 Å². The standard InChI is InChI=1S/C18H27NO/c1-3-16(17-10-7-11-20-17)19-15-12-18(2,13-15)14-8-5-4-6-9-14/h4-6,8-9,15-17,19H,3,7,10-13H2,1-2H3. The van der Waals surface area contributed by atoms with Gasteiger partial charge in [0.2, 0.25) is 0 Å². The quantitative estimate of drug-likeness (QED) is 0.884. The Morgan fingerprint density at radius 3 is 2.65 bits per heavy atom. The van der Waals surface area contributed by atoms with Gasteiger partial charge in [0, 0.05) is 18.7 Å². The average Bonchev–Trinajstić information content (AvgIpc) is 2.97. The molecule has 2 atom stereocenters. The van der Waals surface area contributed by atoms with Crippen LogP contribution in [-0.4, -0.2) is 24.8 Å². The third-order valence-electron chi connectivity index (χ3n) is 5.17. The van der Waals surface area contributed by atoms with Crippen LogP contribution in [0.1, 0.15) is 51.5 Å². The van der Waals surface area contributed by atoms with E-state index in [1.807, 2.05) is 0 Å². The molecule has 1 aromatic rings. The summed E-state index contributed by atoms with van der Waals surface area (Å²) in [5.74, 6) is 0. The van der Waals surface area contributed by atoms with Crippen molar-refractivity contribution in [2.24, 2.45) is 0 Å². The summed E-state index contributed by atoms with van der Waals surface area (Å²) in [6.07, 6.45) is 6.58. The molecule has 2 heteroatoms. The summed E-state index contributed by atoms with van der Waals surface area (Å²) in [4.78, 5) is 0. The van der Waals surface area contributed by atoms with E-state index in [0.29, 0.717) is 23.6 Å². The number of nitrogens with one attached hydrogen (secondary N) is 1. The number of benzene rings is 1. The molecule has 1 aliphatic carbocycles. The lowest BCUT2D eigenvalue weighted by Gasteiger charge is -2.48. The molecule has 0 bridgehead atoms. The van der Waals surface area contributed by atoms with Crippen molar-refractivity contribution in [1.29, 1.82) is 0 Å². The second-order valence-corrected chi connectivity index (χ2v) is 6.76. The molecule has 0 amide bonds. The van der Waals surface area contributed by atoms with Gasteiger partial charge in [-0.25, -0.2) is 0 Å². The molecular formula is C18H27NO. The molecule has 2 nitrogen and oxygen atoms in total. The maximum atomic E-state index is 5.85. The van der Waals surface area contributed by atoms with Crippen LogP contribution in [0.2, 0.25) is 0 Å². The van der Waals surface area contributed by atoms with E-state index in [4.69, 9.17) is 4.74 Å². The van der Waals surface area contributed by atoms with Gasteiger partial charge >= 0.3 is 0 Å². The van der Waals surface area contributed by atoms with Crippen LogP contribution < -0.4 is 5.32 Å². The van der Waals surface area contributed by atoms with Crippen molar-refractivity contribution >= 4 is 0 Å². The predicted octanol–water partition coefficient (Wildman–Crippen LogP) is 3.65. The molecule has 1 saturated carbocycles. The Morgan fingerprint density at radius 1 is 1.30 bits per heavy atom. The molecule has 2 fully saturated rings. The molecule has 2 unspecified atom stereocenters. The molecule has 1 heterocycles. The smallest absolute Gasteiger partial charge is 0.0728 e. The van der Waals surface area contributed by atoms with Gasteiger partial charge in [0.25, 0.3) is 0 Å². The summed E-state index contributed by atoms with van der Waals surface area (Å²) in [6, 6.07) is 12.2. The van der Waals surface area contributed by atoms with E-state index in [-0.39, 0.29) is 0 Å². The zero-order chi connectivity index (χ0) is 14.0. The lowest BCUT2D eigenvalue weighted by molar-refractivity contribution is 0.0588. The first-order valence-electron chi connectivity index (χ1n) is 8.14. The van der Waals surface area contributed by atoms with Crippen LogP contribution in [0.25, 0.3) is 0 Å². The lowest BCUT2D eigenvalue weighted by atomic mass is 9.63. The first-order chi connectivity index (χ1) is 9.71. The van der Waals surface area contributed by atoms with Crippen LogP contribution in [0.5, 0.6) is 0 Å². The molecule has 20 heavy (non-hydrogen) atoms. The van der Waals surface area contributed by atoms with Gasteiger partial charge in [0.1, 0.15) is 0 Å². The van der Waals surface area contributed by atoms with E-state index >= 15 is 0 Å². The Balaban J connectivity index is 1.54. The minimum absolute atomic E-state index is 0.369. The monoisotopic (exact) mass is 273 g/mol. The fraction of sp³-hybridized carbons (Fsp3) is 0.667. The largest absolute Gasteiger partial charge is 0.377 e. The van der Waals surface area contributed by atoms with E-state index in [1.54, 1.807) is 0 Å². The summed E-state index contributed by atoms with van der Waals surface area (Å²) in [7, 11) is 0. The Labute approximate surface area is 122 Å². The summed E-state index contributed by atoms with van der Waals surface area (Å²) in [5, 5.41) is 3.85. The summed E-state index contributed by atoms with van der Waals surface area (Å²) in [6.45, 7) is 5.62. The van der Waals surface area contributed by atoms with Crippen LogP contribution in [0.15, 0.2) is 30.3 Å². The van der Waals surface area contributed by atoms with E-state index in [2.05, 4.69) is 49.5 Å². The molecule has 110 valence electrons. The second kappa shape index (κ2) is 5.87. The maximum Gasteiger partial charge on any atom is 0.0728 e. The maximum absolute atomic E-state index is 5.85. The van der Waals surface area contributed by atoms with E-state index in [0.717, 1.165) is 6.61 Å². The van der Waals surface area contributed by atoms with Crippen LogP contribution in [0, 0.1) is 0 Å². The first-order valence-corrected chi connectivity index (χ1v) is 8.14. The van der Waals surface area contributed by atoms with Gasteiger partial charge in [-0.2, -0.15) is 0 Å². The van der Waals surface area contributed by atoms with Gasteiger partial charge in [-0.3, -0.25) is 0 Å². The Bertz CT molecular complexity index is 418. The molecule has 2 aliphatic rings. The van der Waals surface area contributed by atoms with Gasteiger partial charge in [0.15, 0.2) is 0 Å².